The Hall–Kier alpha value is -3.10. The minimum Gasteiger partial charge on any atom is -0.496 e. The van der Waals surface area contributed by atoms with Crippen molar-refractivity contribution in [3.63, 3.8) is 0 Å². The minimum absolute atomic E-state index is 0.0215. The third-order valence-corrected chi connectivity index (χ3v) is 7.48. The molecule has 0 unspecified atom stereocenters. The molecule has 0 radical (unpaired) electrons. The first kappa shape index (κ1) is 26.0. The summed E-state index contributed by atoms with van der Waals surface area (Å²) in [5.74, 6) is 0.808. The van der Waals surface area contributed by atoms with Crippen molar-refractivity contribution in [1.82, 2.24) is 20.0 Å². The highest BCUT2D eigenvalue weighted by atomic mass is 16.5. The van der Waals surface area contributed by atoms with Gasteiger partial charge in [0.25, 0.3) is 0 Å². The van der Waals surface area contributed by atoms with Gasteiger partial charge in [-0.25, -0.2) is 4.79 Å². The zero-order valence-corrected chi connectivity index (χ0v) is 21.1. The molecule has 0 aromatic heterocycles. The number of amides is 2. The van der Waals surface area contributed by atoms with Crippen molar-refractivity contribution in [1.29, 1.82) is 0 Å². The monoisotopic (exact) mass is 494 g/mol. The predicted molar refractivity (Wildman–Crippen MR) is 139 cm³/mol. The number of hydrogen-bond acceptors (Lipinski definition) is 5. The van der Waals surface area contributed by atoms with Gasteiger partial charge in [-0.05, 0) is 49.9 Å². The summed E-state index contributed by atoms with van der Waals surface area (Å²) in [5, 5.41) is 12.0. The van der Waals surface area contributed by atoms with Gasteiger partial charge < -0.3 is 25.0 Å². The van der Waals surface area contributed by atoms with E-state index in [1.165, 1.54) is 5.56 Å². The molecule has 0 aliphatic carbocycles. The first-order valence-corrected chi connectivity index (χ1v) is 12.9. The summed E-state index contributed by atoms with van der Waals surface area (Å²) in [5.41, 5.74) is 2.45. The van der Waals surface area contributed by atoms with Crippen molar-refractivity contribution in [3.8, 4) is 5.75 Å². The van der Waals surface area contributed by atoms with Crippen molar-refractivity contribution in [2.24, 2.45) is 5.92 Å². The maximum atomic E-state index is 13.4. The van der Waals surface area contributed by atoms with Crippen molar-refractivity contribution in [3.05, 3.63) is 65.7 Å². The molecule has 0 spiro atoms. The second-order valence-electron chi connectivity index (χ2n) is 9.76. The maximum absolute atomic E-state index is 13.4. The van der Waals surface area contributed by atoms with Crippen LogP contribution in [0, 0.1) is 5.92 Å². The number of benzene rings is 2. The summed E-state index contributed by atoms with van der Waals surface area (Å²) in [4.78, 5) is 31.6. The van der Waals surface area contributed by atoms with Crippen LogP contribution in [0.15, 0.2) is 54.6 Å². The molecule has 8 nitrogen and oxygen atoms in total. The average molecular weight is 495 g/mol. The zero-order valence-electron chi connectivity index (χ0n) is 21.1. The fourth-order valence-electron chi connectivity index (χ4n) is 5.35. The molecule has 2 heterocycles. The molecule has 1 atom stereocenters. The molecule has 0 bridgehead atoms. The van der Waals surface area contributed by atoms with Crippen LogP contribution < -0.4 is 10.1 Å². The standard InChI is InChI=1S/C28H38N4O4/c1-36-25-10-6-5-9-24(25)21-31-17-19-32(20-18-31)27(33)26(29-28(34)35)23-12-15-30(16-13-23)14-11-22-7-3-2-4-8-22/h2-10,23,26,29H,11-21H2,1H3,(H,34,35)/t26-/m1/s1. The van der Waals surface area contributed by atoms with Gasteiger partial charge in [-0.15, -0.1) is 0 Å². The second kappa shape index (κ2) is 12.7. The van der Waals surface area contributed by atoms with Crippen LogP contribution in [0.1, 0.15) is 24.0 Å². The number of piperazine rings is 1. The minimum atomic E-state index is -1.13. The number of methoxy groups -OCH3 is 1. The first-order chi connectivity index (χ1) is 17.5. The molecule has 2 aromatic carbocycles. The molecule has 2 aliphatic heterocycles. The summed E-state index contributed by atoms with van der Waals surface area (Å²) in [7, 11) is 1.68. The smallest absolute Gasteiger partial charge is 0.405 e. The van der Waals surface area contributed by atoms with Gasteiger partial charge in [0.1, 0.15) is 11.8 Å². The van der Waals surface area contributed by atoms with Crippen LogP contribution >= 0.6 is 0 Å². The number of piperidine rings is 1. The molecule has 4 rings (SSSR count). The highest BCUT2D eigenvalue weighted by Gasteiger charge is 2.36. The lowest BCUT2D eigenvalue weighted by Crippen LogP contribution is -2.57. The van der Waals surface area contributed by atoms with E-state index < -0.39 is 12.1 Å². The van der Waals surface area contributed by atoms with E-state index in [4.69, 9.17) is 4.74 Å². The molecule has 0 saturated carbocycles. The average Bonchev–Trinajstić information content (AvgIpc) is 2.92. The van der Waals surface area contributed by atoms with Gasteiger partial charge in [0.2, 0.25) is 5.91 Å². The van der Waals surface area contributed by atoms with Crippen LogP contribution in [0.3, 0.4) is 0 Å². The Morgan fingerprint density at radius 1 is 0.944 bits per heavy atom. The molecule has 8 heteroatoms. The Morgan fingerprint density at radius 3 is 2.28 bits per heavy atom. The van der Waals surface area contributed by atoms with E-state index in [-0.39, 0.29) is 11.8 Å². The number of ether oxygens (including phenoxy) is 1. The summed E-state index contributed by atoms with van der Waals surface area (Å²) >= 11 is 0. The predicted octanol–water partition coefficient (Wildman–Crippen LogP) is 2.93. The lowest BCUT2D eigenvalue weighted by Gasteiger charge is -2.40. The molecule has 2 N–H and O–H groups in total. The first-order valence-electron chi connectivity index (χ1n) is 12.9. The zero-order chi connectivity index (χ0) is 25.3. The fourth-order valence-corrected chi connectivity index (χ4v) is 5.35. The summed E-state index contributed by atoms with van der Waals surface area (Å²) < 4.78 is 5.47. The third-order valence-electron chi connectivity index (χ3n) is 7.48. The van der Waals surface area contributed by atoms with Gasteiger partial charge >= 0.3 is 6.09 Å². The van der Waals surface area contributed by atoms with Crippen LogP contribution in [0.5, 0.6) is 5.75 Å². The van der Waals surface area contributed by atoms with E-state index in [0.717, 1.165) is 69.8 Å². The van der Waals surface area contributed by atoms with E-state index in [2.05, 4.69) is 45.4 Å². The molecule has 36 heavy (non-hydrogen) atoms. The lowest BCUT2D eigenvalue weighted by molar-refractivity contribution is -0.137. The van der Waals surface area contributed by atoms with Crippen LogP contribution in [0.25, 0.3) is 0 Å². The van der Waals surface area contributed by atoms with E-state index in [9.17, 15) is 14.7 Å². The SMILES string of the molecule is COc1ccccc1CN1CCN(C(=O)[C@H](NC(=O)O)C2CCN(CCc3ccccc3)CC2)CC1. The topological polar surface area (TPSA) is 85.3 Å². The van der Waals surface area contributed by atoms with Crippen molar-refractivity contribution in [2.75, 3.05) is 52.9 Å². The fraction of sp³-hybridized carbons (Fsp3) is 0.500. The summed E-state index contributed by atoms with van der Waals surface area (Å²) in [6, 6.07) is 17.8. The number of nitrogens with zero attached hydrogens (tertiary/aromatic N) is 3. The highest BCUT2D eigenvalue weighted by molar-refractivity contribution is 5.85. The number of para-hydroxylation sites is 1. The Bertz CT molecular complexity index is 986. The molecule has 2 fully saturated rings. The highest BCUT2D eigenvalue weighted by Crippen LogP contribution is 2.24. The molecular weight excluding hydrogens is 456 g/mol. The van der Waals surface area contributed by atoms with Crippen molar-refractivity contribution in [2.45, 2.75) is 31.8 Å². The van der Waals surface area contributed by atoms with Gasteiger partial charge in [-0.1, -0.05) is 48.5 Å². The number of nitrogens with one attached hydrogen (secondary N) is 1. The number of carbonyl (C=O) groups is 2. The Kier molecular flexibility index (Phi) is 9.19. The van der Waals surface area contributed by atoms with E-state index >= 15 is 0 Å². The van der Waals surface area contributed by atoms with Crippen LogP contribution in [0.4, 0.5) is 4.79 Å². The second-order valence-corrected chi connectivity index (χ2v) is 9.76. The van der Waals surface area contributed by atoms with Gasteiger partial charge in [0.05, 0.1) is 7.11 Å². The third kappa shape index (κ3) is 6.98. The molecule has 2 aromatic rings. The van der Waals surface area contributed by atoms with E-state index in [1.54, 1.807) is 7.11 Å². The number of rotatable bonds is 9. The van der Waals surface area contributed by atoms with Gasteiger partial charge in [-0.3, -0.25) is 9.69 Å². The maximum Gasteiger partial charge on any atom is 0.405 e. The Morgan fingerprint density at radius 2 is 1.61 bits per heavy atom. The molecule has 2 amide bonds. The number of carboxylic acid groups (broad SMARTS) is 1. The summed E-state index contributed by atoms with van der Waals surface area (Å²) in [6.45, 7) is 6.22. The Labute approximate surface area is 213 Å². The largest absolute Gasteiger partial charge is 0.496 e. The van der Waals surface area contributed by atoms with Crippen molar-refractivity contribution >= 4 is 12.0 Å². The van der Waals surface area contributed by atoms with Crippen molar-refractivity contribution < 1.29 is 19.4 Å². The Balaban J connectivity index is 1.28. The van der Waals surface area contributed by atoms with E-state index in [0.29, 0.717) is 13.1 Å². The van der Waals surface area contributed by atoms with Gasteiger partial charge in [0, 0.05) is 44.8 Å². The number of hydrogen-bond donors (Lipinski definition) is 2. The molecule has 194 valence electrons. The number of carbonyl (C=O) groups excluding carboxylic acids is 1. The normalized spacial score (nSPS) is 18.5. The molecule has 2 aliphatic rings. The van der Waals surface area contributed by atoms with E-state index in [1.807, 2.05) is 29.2 Å². The van der Waals surface area contributed by atoms with Crippen LogP contribution in [-0.2, 0) is 17.8 Å². The van der Waals surface area contributed by atoms with Crippen LogP contribution in [0.2, 0.25) is 0 Å². The van der Waals surface area contributed by atoms with Crippen LogP contribution in [-0.4, -0.2) is 90.8 Å². The quantitative estimate of drug-likeness (QED) is 0.558. The molecular formula is C28H38N4O4. The summed E-state index contributed by atoms with van der Waals surface area (Å²) in [6.07, 6.45) is 1.51. The molecule has 2 saturated heterocycles. The van der Waals surface area contributed by atoms with Gasteiger partial charge in [0.15, 0.2) is 0 Å². The van der Waals surface area contributed by atoms with Gasteiger partial charge in [-0.2, -0.15) is 0 Å². The number of likely N-dealkylation sites (tertiary alicyclic amines) is 1. The lowest BCUT2D eigenvalue weighted by atomic mass is 9.88.